The molecule has 82 valence electrons. The molecule has 0 heterocycles. The predicted octanol–water partition coefficient (Wildman–Crippen LogP) is 2.96. The quantitative estimate of drug-likeness (QED) is 0.764. The number of hydrogen-bond acceptors (Lipinski definition) is 1. The molecule has 0 saturated heterocycles. The molecular formula is C11H13ClFNO. The van der Waals surface area contributed by atoms with Crippen LogP contribution < -0.4 is 0 Å². The third kappa shape index (κ3) is 2.69. The molecule has 0 atom stereocenters. The fraction of sp³-hybridized carbons (Fsp3) is 0.364. The number of carbonyl (C=O) groups is 1. The molecule has 1 aromatic carbocycles. The van der Waals surface area contributed by atoms with E-state index in [1.807, 2.05) is 13.8 Å². The number of hydrogen-bond donors (Lipinski definition) is 0. The summed E-state index contributed by atoms with van der Waals surface area (Å²) in [6.07, 6.45) is 0. The molecule has 0 aromatic heterocycles. The average Bonchev–Trinajstić information content (AvgIpc) is 2.15. The minimum absolute atomic E-state index is 0.0348. The first-order valence-corrected chi connectivity index (χ1v) is 5.03. The van der Waals surface area contributed by atoms with Crippen molar-refractivity contribution >= 4 is 17.5 Å². The smallest absolute Gasteiger partial charge is 0.256 e. The number of amides is 1. The first-order chi connectivity index (χ1) is 6.93. The van der Waals surface area contributed by atoms with Crippen LogP contribution in [0, 0.1) is 5.82 Å². The Bertz CT molecular complexity index is 379. The van der Waals surface area contributed by atoms with E-state index in [4.69, 9.17) is 11.6 Å². The molecule has 0 N–H and O–H groups in total. The van der Waals surface area contributed by atoms with Gasteiger partial charge in [-0.1, -0.05) is 11.6 Å². The lowest BCUT2D eigenvalue weighted by Crippen LogP contribution is -2.33. The highest BCUT2D eigenvalue weighted by molar-refractivity contribution is 6.30. The van der Waals surface area contributed by atoms with Crippen LogP contribution in [0.2, 0.25) is 5.02 Å². The summed E-state index contributed by atoms with van der Waals surface area (Å²) >= 11 is 5.60. The van der Waals surface area contributed by atoms with E-state index in [1.165, 1.54) is 17.0 Å². The lowest BCUT2D eigenvalue weighted by Gasteiger charge is -2.21. The maximum Gasteiger partial charge on any atom is 0.256 e. The number of halogens is 2. The maximum absolute atomic E-state index is 13.4. The van der Waals surface area contributed by atoms with Gasteiger partial charge in [0.05, 0.1) is 5.56 Å². The Morgan fingerprint density at radius 3 is 2.53 bits per heavy atom. The topological polar surface area (TPSA) is 20.3 Å². The van der Waals surface area contributed by atoms with Crippen LogP contribution in [0.25, 0.3) is 0 Å². The van der Waals surface area contributed by atoms with Gasteiger partial charge in [0.25, 0.3) is 5.91 Å². The molecule has 1 amide bonds. The summed E-state index contributed by atoms with van der Waals surface area (Å²) in [5, 5.41) is 0.288. The molecule has 4 heteroatoms. The molecule has 0 bridgehead atoms. The van der Waals surface area contributed by atoms with E-state index < -0.39 is 5.82 Å². The summed E-state index contributed by atoms with van der Waals surface area (Å²) in [4.78, 5) is 13.2. The molecule has 1 aromatic rings. The second-order valence-corrected chi connectivity index (χ2v) is 4.07. The fourth-order valence-electron chi connectivity index (χ4n) is 1.09. The van der Waals surface area contributed by atoms with E-state index in [-0.39, 0.29) is 22.5 Å². The molecule has 1 rings (SSSR count). The zero-order valence-electron chi connectivity index (χ0n) is 8.92. The Kier molecular flexibility index (Phi) is 3.69. The Balaban J connectivity index is 3.01. The molecular weight excluding hydrogens is 217 g/mol. The van der Waals surface area contributed by atoms with E-state index in [0.717, 1.165) is 6.07 Å². The lowest BCUT2D eigenvalue weighted by molar-refractivity contribution is 0.0750. The summed E-state index contributed by atoms with van der Waals surface area (Å²) < 4.78 is 13.4. The van der Waals surface area contributed by atoms with E-state index in [2.05, 4.69) is 0 Å². The Hall–Kier alpha value is -1.09. The highest BCUT2D eigenvalue weighted by Gasteiger charge is 2.17. The first-order valence-electron chi connectivity index (χ1n) is 4.65. The van der Waals surface area contributed by atoms with Crippen LogP contribution in [0.5, 0.6) is 0 Å². The van der Waals surface area contributed by atoms with Crippen molar-refractivity contribution in [2.75, 3.05) is 7.05 Å². The second kappa shape index (κ2) is 4.62. The first kappa shape index (κ1) is 12.0. The van der Waals surface area contributed by atoms with Gasteiger partial charge < -0.3 is 4.90 Å². The standard InChI is InChI=1S/C11H13ClFNO/c1-7(2)14(3)11(15)9-5-4-8(12)6-10(9)13/h4-7H,1-3H3. The van der Waals surface area contributed by atoms with E-state index in [1.54, 1.807) is 7.05 Å². The molecule has 0 radical (unpaired) electrons. The highest BCUT2D eigenvalue weighted by Crippen LogP contribution is 2.16. The largest absolute Gasteiger partial charge is 0.339 e. The summed E-state index contributed by atoms with van der Waals surface area (Å²) in [6.45, 7) is 3.73. The van der Waals surface area contributed by atoms with Gasteiger partial charge in [-0.2, -0.15) is 0 Å². The fourth-order valence-corrected chi connectivity index (χ4v) is 1.25. The molecule has 0 fully saturated rings. The Morgan fingerprint density at radius 1 is 1.47 bits per heavy atom. The van der Waals surface area contributed by atoms with Gasteiger partial charge in [-0.3, -0.25) is 4.79 Å². The van der Waals surface area contributed by atoms with Crippen LogP contribution in [-0.2, 0) is 0 Å². The van der Waals surface area contributed by atoms with Crippen molar-refractivity contribution in [3.05, 3.63) is 34.6 Å². The van der Waals surface area contributed by atoms with Crippen molar-refractivity contribution in [3.8, 4) is 0 Å². The monoisotopic (exact) mass is 229 g/mol. The van der Waals surface area contributed by atoms with Crippen molar-refractivity contribution in [2.45, 2.75) is 19.9 Å². The van der Waals surface area contributed by atoms with Gasteiger partial charge in [-0.25, -0.2) is 4.39 Å². The van der Waals surface area contributed by atoms with Crippen LogP contribution >= 0.6 is 11.6 Å². The SMILES string of the molecule is CC(C)N(C)C(=O)c1ccc(Cl)cc1F. The zero-order chi connectivity index (χ0) is 11.6. The highest BCUT2D eigenvalue weighted by atomic mass is 35.5. The van der Waals surface area contributed by atoms with Crippen LogP contribution in [0.4, 0.5) is 4.39 Å². The number of nitrogens with zero attached hydrogens (tertiary/aromatic N) is 1. The van der Waals surface area contributed by atoms with Crippen molar-refractivity contribution in [2.24, 2.45) is 0 Å². The number of benzene rings is 1. The van der Waals surface area contributed by atoms with E-state index >= 15 is 0 Å². The molecule has 0 aliphatic rings. The van der Waals surface area contributed by atoms with Gasteiger partial charge in [0.1, 0.15) is 5.82 Å². The van der Waals surface area contributed by atoms with E-state index in [0.29, 0.717) is 0 Å². The zero-order valence-corrected chi connectivity index (χ0v) is 9.68. The Labute approximate surface area is 93.6 Å². The minimum atomic E-state index is -0.583. The van der Waals surface area contributed by atoms with Gasteiger partial charge >= 0.3 is 0 Å². The number of rotatable bonds is 2. The summed E-state index contributed by atoms with van der Waals surface area (Å²) in [5.74, 6) is -0.917. The third-order valence-corrected chi connectivity index (χ3v) is 2.49. The lowest BCUT2D eigenvalue weighted by atomic mass is 10.1. The molecule has 0 aliphatic heterocycles. The molecule has 2 nitrogen and oxygen atoms in total. The van der Waals surface area contributed by atoms with Crippen LogP contribution in [0.3, 0.4) is 0 Å². The average molecular weight is 230 g/mol. The van der Waals surface area contributed by atoms with Gasteiger partial charge in [-0.15, -0.1) is 0 Å². The second-order valence-electron chi connectivity index (χ2n) is 3.63. The molecule has 15 heavy (non-hydrogen) atoms. The molecule has 0 unspecified atom stereocenters. The minimum Gasteiger partial charge on any atom is -0.339 e. The summed E-state index contributed by atoms with van der Waals surface area (Å²) in [5.41, 5.74) is 0.0515. The molecule has 0 aliphatic carbocycles. The van der Waals surface area contributed by atoms with Crippen LogP contribution in [0.1, 0.15) is 24.2 Å². The summed E-state index contributed by atoms with van der Waals surface area (Å²) in [6, 6.07) is 4.08. The van der Waals surface area contributed by atoms with Gasteiger partial charge in [0.15, 0.2) is 0 Å². The summed E-state index contributed by atoms with van der Waals surface area (Å²) in [7, 11) is 1.64. The normalized spacial score (nSPS) is 10.5. The van der Waals surface area contributed by atoms with Crippen molar-refractivity contribution in [1.29, 1.82) is 0 Å². The predicted molar refractivity (Wildman–Crippen MR) is 58.6 cm³/mol. The third-order valence-electron chi connectivity index (χ3n) is 2.26. The van der Waals surface area contributed by atoms with Crippen LogP contribution in [-0.4, -0.2) is 23.9 Å². The van der Waals surface area contributed by atoms with Gasteiger partial charge in [0.2, 0.25) is 0 Å². The van der Waals surface area contributed by atoms with E-state index in [9.17, 15) is 9.18 Å². The maximum atomic E-state index is 13.4. The van der Waals surface area contributed by atoms with Gasteiger partial charge in [0, 0.05) is 18.1 Å². The van der Waals surface area contributed by atoms with Crippen molar-refractivity contribution in [1.82, 2.24) is 4.90 Å². The molecule has 0 saturated carbocycles. The number of carbonyl (C=O) groups excluding carboxylic acids is 1. The van der Waals surface area contributed by atoms with Gasteiger partial charge in [-0.05, 0) is 32.0 Å². The molecule has 0 spiro atoms. The van der Waals surface area contributed by atoms with Crippen molar-refractivity contribution in [3.63, 3.8) is 0 Å². The Morgan fingerprint density at radius 2 is 2.07 bits per heavy atom. The van der Waals surface area contributed by atoms with Crippen LogP contribution in [0.15, 0.2) is 18.2 Å². The van der Waals surface area contributed by atoms with Crippen molar-refractivity contribution < 1.29 is 9.18 Å².